The van der Waals surface area contributed by atoms with Crippen LogP contribution in [0.4, 0.5) is 5.69 Å². The molecule has 0 saturated heterocycles. The fourth-order valence-electron chi connectivity index (χ4n) is 2.58. The quantitative estimate of drug-likeness (QED) is 0.474. The lowest BCUT2D eigenvalue weighted by molar-refractivity contribution is -0.385. The van der Waals surface area contributed by atoms with Gasteiger partial charge in [-0.3, -0.25) is 14.9 Å². The van der Waals surface area contributed by atoms with Crippen molar-refractivity contribution in [3.8, 4) is 17.2 Å². The average molecular weight is 371 g/mol. The van der Waals surface area contributed by atoms with E-state index in [0.717, 1.165) is 11.1 Å². The van der Waals surface area contributed by atoms with Crippen LogP contribution in [0.25, 0.3) is 0 Å². The molecular formula is C18H17N3O6. The normalized spacial score (nSPS) is 12.2. The first-order valence-electron chi connectivity index (χ1n) is 8.04. The van der Waals surface area contributed by atoms with E-state index in [1.807, 2.05) is 32.0 Å². The van der Waals surface area contributed by atoms with Crippen LogP contribution in [-0.2, 0) is 4.79 Å². The standard InChI is InChI=1S/C18H17N3O6/c1-11-4-3-5-12(2)18(11)25-9-17(22)20-19-8-13-6-15-16(27-10-26-15)7-14(13)21(23)24/h3-8H,9-10H2,1-2H3,(H,20,22)/b19-8+. The molecule has 0 spiro atoms. The first-order chi connectivity index (χ1) is 13.0. The zero-order valence-electron chi connectivity index (χ0n) is 14.7. The predicted molar refractivity (Wildman–Crippen MR) is 96.4 cm³/mol. The fourth-order valence-corrected chi connectivity index (χ4v) is 2.58. The number of carbonyl (C=O) groups excluding carboxylic acids is 1. The summed E-state index contributed by atoms with van der Waals surface area (Å²) >= 11 is 0. The molecule has 0 unspecified atom stereocenters. The van der Waals surface area contributed by atoms with E-state index >= 15 is 0 Å². The molecule has 1 amide bonds. The Morgan fingerprint density at radius 3 is 2.63 bits per heavy atom. The molecule has 3 rings (SSSR count). The van der Waals surface area contributed by atoms with E-state index in [-0.39, 0.29) is 24.7 Å². The van der Waals surface area contributed by atoms with Gasteiger partial charge in [0.25, 0.3) is 11.6 Å². The second-order valence-corrected chi connectivity index (χ2v) is 5.82. The van der Waals surface area contributed by atoms with Crippen molar-refractivity contribution in [2.45, 2.75) is 13.8 Å². The summed E-state index contributed by atoms with van der Waals surface area (Å²) in [5.74, 6) is 0.831. The predicted octanol–water partition coefficient (Wildman–Crippen LogP) is 2.47. The van der Waals surface area contributed by atoms with Gasteiger partial charge >= 0.3 is 0 Å². The monoisotopic (exact) mass is 371 g/mol. The molecule has 9 heteroatoms. The molecule has 2 aromatic carbocycles. The number of nitrogens with zero attached hydrogens (tertiary/aromatic N) is 2. The number of amides is 1. The number of nitro benzene ring substituents is 1. The van der Waals surface area contributed by atoms with Gasteiger partial charge in [0.2, 0.25) is 6.79 Å². The maximum absolute atomic E-state index is 11.9. The first-order valence-corrected chi connectivity index (χ1v) is 8.04. The van der Waals surface area contributed by atoms with Crippen molar-refractivity contribution >= 4 is 17.8 Å². The van der Waals surface area contributed by atoms with Crippen LogP contribution in [0.1, 0.15) is 16.7 Å². The van der Waals surface area contributed by atoms with Gasteiger partial charge < -0.3 is 14.2 Å². The van der Waals surface area contributed by atoms with Gasteiger partial charge in [0.1, 0.15) is 5.75 Å². The summed E-state index contributed by atoms with van der Waals surface area (Å²) in [4.78, 5) is 22.5. The second kappa shape index (κ2) is 7.73. The number of nitro groups is 1. The van der Waals surface area contributed by atoms with Crippen molar-refractivity contribution in [3.63, 3.8) is 0 Å². The summed E-state index contributed by atoms with van der Waals surface area (Å²) in [7, 11) is 0. The maximum atomic E-state index is 11.9. The number of hydrogen-bond acceptors (Lipinski definition) is 7. The number of para-hydroxylation sites is 1. The van der Waals surface area contributed by atoms with Crippen LogP contribution in [0.3, 0.4) is 0 Å². The van der Waals surface area contributed by atoms with E-state index in [9.17, 15) is 14.9 Å². The third kappa shape index (κ3) is 4.14. The molecule has 1 aliphatic heterocycles. The molecule has 140 valence electrons. The van der Waals surface area contributed by atoms with E-state index in [1.54, 1.807) is 0 Å². The lowest BCUT2D eigenvalue weighted by Gasteiger charge is -2.10. The maximum Gasteiger partial charge on any atom is 0.282 e. The third-order valence-electron chi connectivity index (χ3n) is 3.87. The van der Waals surface area contributed by atoms with Crippen LogP contribution < -0.4 is 19.6 Å². The van der Waals surface area contributed by atoms with E-state index in [0.29, 0.717) is 17.2 Å². The van der Waals surface area contributed by atoms with Crippen LogP contribution in [0.2, 0.25) is 0 Å². The number of ether oxygens (including phenoxy) is 3. The van der Waals surface area contributed by atoms with E-state index in [1.165, 1.54) is 18.3 Å². The fraction of sp³-hybridized carbons (Fsp3) is 0.222. The molecule has 0 fully saturated rings. The molecule has 0 aromatic heterocycles. The van der Waals surface area contributed by atoms with Crippen LogP contribution in [0, 0.1) is 24.0 Å². The van der Waals surface area contributed by atoms with Crippen molar-refractivity contribution in [3.05, 3.63) is 57.1 Å². The first kappa shape index (κ1) is 18.2. The van der Waals surface area contributed by atoms with Crippen molar-refractivity contribution in [2.24, 2.45) is 5.10 Å². The van der Waals surface area contributed by atoms with Crippen molar-refractivity contribution in [1.82, 2.24) is 5.43 Å². The number of aryl methyl sites for hydroxylation is 2. The Balaban J connectivity index is 1.64. The van der Waals surface area contributed by atoms with Crippen molar-refractivity contribution in [1.29, 1.82) is 0 Å². The van der Waals surface area contributed by atoms with Gasteiger partial charge in [-0.2, -0.15) is 5.10 Å². The number of hydrazone groups is 1. The Bertz CT molecular complexity index is 905. The zero-order chi connectivity index (χ0) is 19.4. The van der Waals surface area contributed by atoms with Crippen LogP contribution in [-0.4, -0.2) is 30.4 Å². The summed E-state index contributed by atoms with van der Waals surface area (Å²) < 4.78 is 15.8. The molecule has 0 atom stereocenters. The summed E-state index contributed by atoms with van der Waals surface area (Å²) in [5.41, 5.74) is 4.10. The lowest BCUT2D eigenvalue weighted by atomic mass is 10.1. The van der Waals surface area contributed by atoms with Gasteiger partial charge in [0.05, 0.1) is 22.8 Å². The average Bonchev–Trinajstić information content (AvgIpc) is 3.08. The van der Waals surface area contributed by atoms with Crippen molar-refractivity contribution in [2.75, 3.05) is 13.4 Å². The Hall–Kier alpha value is -3.62. The SMILES string of the molecule is Cc1cccc(C)c1OCC(=O)N/N=C/c1cc2c(cc1[N+](=O)[O-])OCO2. The summed E-state index contributed by atoms with van der Waals surface area (Å²) in [6, 6.07) is 8.37. The van der Waals surface area contributed by atoms with Crippen LogP contribution in [0.15, 0.2) is 35.4 Å². The van der Waals surface area contributed by atoms with Crippen LogP contribution >= 0.6 is 0 Å². The number of benzene rings is 2. The number of hydrogen-bond donors (Lipinski definition) is 1. The molecule has 0 bridgehead atoms. The summed E-state index contributed by atoms with van der Waals surface area (Å²) in [6.07, 6.45) is 1.18. The van der Waals surface area contributed by atoms with Gasteiger partial charge in [0.15, 0.2) is 18.1 Å². The minimum atomic E-state index is -0.560. The molecule has 0 radical (unpaired) electrons. The molecule has 0 saturated carbocycles. The molecule has 0 aliphatic carbocycles. The lowest BCUT2D eigenvalue weighted by Crippen LogP contribution is -2.25. The van der Waals surface area contributed by atoms with Gasteiger partial charge in [-0.05, 0) is 31.0 Å². The Morgan fingerprint density at radius 1 is 1.30 bits per heavy atom. The topological polar surface area (TPSA) is 112 Å². The number of carbonyl (C=O) groups is 1. The molecule has 1 N–H and O–H groups in total. The van der Waals surface area contributed by atoms with E-state index in [4.69, 9.17) is 14.2 Å². The smallest absolute Gasteiger partial charge is 0.282 e. The van der Waals surface area contributed by atoms with E-state index < -0.39 is 10.8 Å². The minimum Gasteiger partial charge on any atom is -0.483 e. The molecule has 9 nitrogen and oxygen atoms in total. The van der Waals surface area contributed by atoms with Crippen LogP contribution in [0.5, 0.6) is 17.2 Å². The minimum absolute atomic E-state index is 0.000518. The van der Waals surface area contributed by atoms with Gasteiger partial charge in [-0.15, -0.1) is 0 Å². The van der Waals surface area contributed by atoms with E-state index in [2.05, 4.69) is 10.5 Å². The van der Waals surface area contributed by atoms with Gasteiger partial charge in [0, 0.05) is 0 Å². The third-order valence-corrected chi connectivity index (χ3v) is 3.87. The number of rotatable bonds is 6. The van der Waals surface area contributed by atoms with Crippen molar-refractivity contribution < 1.29 is 23.9 Å². The Morgan fingerprint density at radius 2 is 1.96 bits per heavy atom. The highest BCUT2D eigenvalue weighted by atomic mass is 16.7. The molecule has 27 heavy (non-hydrogen) atoms. The largest absolute Gasteiger partial charge is 0.483 e. The molecule has 2 aromatic rings. The summed E-state index contributed by atoms with van der Waals surface area (Å²) in [6.45, 7) is 3.54. The molecule has 1 heterocycles. The summed E-state index contributed by atoms with van der Waals surface area (Å²) in [5, 5.41) is 14.9. The highest BCUT2D eigenvalue weighted by Gasteiger charge is 2.22. The Labute approximate surface area is 154 Å². The zero-order valence-corrected chi connectivity index (χ0v) is 14.7. The molecule has 1 aliphatic rings. The van der Waals surface area contributed by atoms with Gasteiger partial charge in [-0.1, -0.05) is 18.2 Å². The highest BCUT2D eigenvalue weighted by Crippen LogP contribution is 2.37. The second-order valence-electron chi connectivity index (χ2n) is 5.82. The highest BCUT2D eigenvalue weighted by molar-refractivity contribution is 5.88. The number of nitrogens with one attached hydrogen (secondary N) is 1. The molecular weight excluding hydrogens is 354 g/mol. The Kier molecular flexibility index (Phi) is 5.20. The number of fused-ring (bicyclic) bond motifs is 1. The van der Waals surface area contributed by atoms with Gasteiger partial charge in [-0.25, -0.2) is 5.43 Å².